The van der Waals surface area contributed by atoms with Gasteiger partial charge in [-0.15, -0.1) is 0 Å². The lowest BCUT2D eigenvalue weighted by molar-refractivity contribution is 0.320. The Morgan fingerprint density at radius 2 is 1.86 bits per heavy atom. The highest BCUT2D eigenvalue weighted by atomic mass is 16.3. The van der Waals surface area contributed by atoms with E-state index >= 15 is 0 Å². The molecular weight excluding hydrogens is 264 g/mol. The van der Waals surface area contributed by atoms with Gasteiger partial charge in [0.1, 0.15) is 11.5 Å². The molecule has 1 unspecified atom stereocenters. The van der Waals surface area contributed by atoms with Crippen molar-refractivity contribution < 1.29 is 15.3 Å². The van der Waals surface area contributed by atoms with E-state index in [1.807, 2.05) is 6.08 Å². The first-order valence-electron chi connectivity index (χ1n) is 8.00. The fourth-order valence-corrected chi connectivity index (χ4v) is 3.14. The highest BCUT2D eigenvalue weighted by Gasteiger charge is 2.21. The van der Waals surface area contributed by atoms with Gasteiger partial charge < -0.3 is 15.3 Å². The molecule has 1 atom stereocenters. The Morgan fingerprint density at radius 1 is 1.14 bits per heavy atom. The van der Waals surface area contributed by atoms with Crippen molar-refractivity contribution in [1.82, 2.24) is 0 Å². The molecule has 0 spiro atoms. The molecule has 0 bridgehead atoms. The molecule has 3 heteroatoms. The molecule has 1 aliphatic rings. The molecule has 21 heavy (non-hydrogen) atoms. The Kier molecular flexibility index (Phi) is 5.68. The molecule has 116 valence electrons. The van der Waals surface area contributed by atoms with Crippen LogP contribution in [-0.2, 0) is 6.42 Å². The lowest BCUT2D eigenvalue weighted by atomic mass is 9.84. The van der Waals surface area contributed by atoms with Crippen LogP contribution in [0.5, 0.6) is 11.5 Å². The van der Waals surface area contributed by atoms with Crippen LogP contribution in [0.2, 0.25) is 0 Å². The van der Waals surface area contributed by atoms with E-state index < -0.39 is 0 Å². The average molecular weight is 290 g/mol. The number of benzene rings is 1. The summed E-state index contributed by atoms with van der Waals surface area (Å²) in [6, 6.07) is 3.57. The van der Waals surface area contributed by atoms with E-state index in [1.165, 1.54) is 0 Å². The second kappa shape index (κ2) is 7.51. The smallest absolute Gasteiger partial charge is 0.123 e. The third-order valence-electron chi connectivity index (χ3n) is 4.29. The van der Waals surface area contributed by atoms with Crippen LogP contribution in [0.3, 0.4) is 0 Å². The summed E-state index contributed by atoms with van der Waals surface area (Å²) in [5, 5.41) is 29.8. The van der Waals surface area contributed by atoms with Gasteiger partial charge in [-0.3, -0.25) is 0 Å². The molecule has 0 saturated heterocycles. The summed E-state index contributed by atoms with van der Waals surface area (Å²) in [5.74, 6) is 0.370. The van der Waals surface area contributed by atoms with Crippen molar-refractivity contribution >= 4 is 0 Å². The Balaban J connectivity index is 2.20. The summed E-state index contributed by atoms with van der Waals surface area (Å²) in [6.45, 7) is 2.22. The van der Waals surface area contributed by atoms with Crippen LogP contribution >= 0.6 is 0 Å². The Labute approximate surface area is 126 Å². The van der Waals surface area contributed by atoms with E-state index in [1.54, 1.807) is 12.1 Å². The van der Waals surface area contributed by atoms with Crippen molar-refractivity contribution in [3.63, 3.8) is 0 Å². The molecule has 1 aromatic carbocycles. The van der Waals surface area contributed by atoms with Crippen LogP contribution in [0.25, 0.3) is 0 Å². The molecule has 0 aliphatic heterocycles. The third-order valence-corrected chi connectivity index (χ3v) is 4.29. The number of aryl methyl sites for hydroxylation is 1. The Bertz CT molecular complexity index is 482. The number of unbranched alkanes of at least 4 members (excludes halogenated alkanes) is 2. The van der Waals surface area contributed by atoms with E-state index in [0.29, 0.717) is 5.56 Å². The maximum Gasteiger partial charge on any atom is 0.123 e. The largest absolute Gasteiger partial charge is 0.507 e. The zero-order valence-corrected chi connectivity index (χ0v) is 12.8. The molecule has 0 amide bonds. The van der Waals surface area contributed by atoms with Crippen LogP contribution in [0.4, 0.5) is 0 Å². The molecule has 0 radical (unpaired) electrons. The third kappa shape index (κ3) is 4.01. The maximum absolute atomic E-state index is 10.3. The fraction of sp³-hybridized carbons (Fsp3) is 0.556. The summed E-state index contributed by atoms with van der Waals surface area (Å²) in [6.07, 6.45) is 9.07. The summed E-state index contributed by atoms with van der Waals surface area (Å²) in [7, 11) is 0. The standard InChI is InChI=1S/C18H26O3/c1-2-3-4-6-13-10-16(20)18(17(21)11-13)15-8-5-7-14(9-15)12-19/h9-11,15,19-21H,2-8,12H2,1H3. The lowest BCUT2D eigenvalue weighted by Gasteiger charge is -2.22. The number of rotatable bonds is 6. The predicted molar refractivity (Wildman–Crippen MR) is 84.8 cm³/mol. The van der Waals surface area contributed by atoms with E-state index in [2.05, 4.69) is 6.92 Å². The topological polar surface area (TPSA) is 60.7 Å². The van der Waals surface area contributed by atoms with E-state index in [-0.39, 0.29) is 24.0 Å². The normalized spacial score (nSPS) is 18.6. The van der Waals surface area contributed by atoms with Crippen LogP contribution in [-0.4, -0.2) is 21.9 Å². The molecule has 3 N–H and O–H groups in total. The molecule has 0 aromatic heterocycles. The Morgan fingerprint density at radius 3 is 2.48 bits per heavy atom. The first-order chi connectivity index (χ1) is 10.2. The van der Waals surface area contributed by atoms with Gasteiger partial charge >= 0.3 is 0 Å². The molecule has 3 nitrogen and oxygen atoms in total. The highest BCUT2D eigenvalue weighted by molar-refractivity contribution is 5.50. The number of phenolic OH excluding ortho intramolecular Hbond substituents is 2. The van der Waals surface area contributed by atoms with Gasteiger partial charge in [0, 0.05) is 11.5 Å². The van der Waals surface area contributed by atoms with Gasteiger partial charge in [0.05, 0.1) is 6.61 Å². The first-order valence-corrected chi connectivity index (χ1v) is 8.00. The Hall–Kier alpha value is -1.48. The highest BCUT2D eigenvalue weighted by Crippen LogP contribution is 2.41. The average Bonchev–Trinajstić information content (AvgIpc) is 2.47. The van der Waals surface area contributed by atoms with Gasteiger partial charge in [-0.25, -0.2) is 0 Å². The predicted octanol–water partition coefficient (Wildman–Crippen LogP) is 4.02. The molecule has 2 rings (SSSR count). The number of hydrogen-bond acceptors (Lipinski definition) is 3. The zero-order valence-electron chi connectivity index (χ0n) is 12.8. The second-order valence-corrected chi connectivity index (χ2v) is 5.99. The number of aliphatic hydroxyl groups is 1. The van der Waals surface area contributed by atoms with E-state index in [9.17, 15) is 15.3 Å². The van der Waals surface area contributed by atoms with Gasteiger partial charge in [-0.2, -0.15) is 0 Å². The van der Waals surface area contributed by atoms with Gasteiger partial charge in [-0.05, 0) is 55.4 Å². The van der Waals surface area contributed by atoms with Crippen molar-refractivity contribution in [2.45, 2.75) is 57.8 Å². The van der Waals surface area contributed by atoms with E-state index in [0.717, 1.165) is 56.1 Å². The molecular formula is C18H26O3. The maximum atomic E-state index is 10.3. The molecule has 0 heterocycles. The number of allylic oxidation sites excluding steroid dienone is 1. The summed E-state index contributed by atoms with van der Waals surface area (Å²) in [4.78, 5) is 0. The quantitative estimate of drug-likeness (QED) is 0.548. The van der Waals surface area contributed by atoms with Crippen molar-refractivity contribution in [1.29, 1.82) is 0 Å². The molecule has 1 aliphatic carbocycles. The van der Waals surface area contributed by atoms with Gasteiger partial charge in [-0.1, -0.05) is 25.8 Å². The number of phenols is 2. The molecule has 0 fully saturated rings. The number of hydrogen-bond donors (Lipinski definition) is 3. The van der Waals surface area contributed by atoms with Crippen LogP contribution in [0.1, 0.15) is 62.5 Å². The number of aliphatic hydroxyl groups excluding tert-OH is 1. The SMILES string of the molecule is CCCCCc1cc(O)c(C2C=C(CO)CCC2)c(O)c1. The zero-order chi connectivity index (χ0) is 15.2. The van der Waals surface area contributed by atoms with Crippen molar-refractivity contribution in [2.75, 3.05) is 6.61 Å². The molecule has 1 aromatic rings. The summed E-state index contributed by atoms with van der Waals surface area (Å²) >= 11 is 0. The van der Waals surface area contributed by atoms with Crippen LogP contribution in [0.15, 0.2) is 23.8 Å². The van der Waals surface area contributed by atoms with Crippen molar-refractivity contribution in [3.8, 4) is 11.5 Å². The lowest BCUT2D eigenvalue weighted by Crippen LogP contribution is -2.06. The van der Waals surface area contributed by atoms with Gasteiger partial charge in [0.25, 0.3) is 0 Å². The summed E-state index contributed by atoms with van der Waals surface area (Å²) < 4.78 is 0. The first kappa shape index (κ1) is 15.9. The number of aromatic hydroxyl groups is 2. The van der Waals surface area contributed by atoms with Crippen molar-refractivity contribution in [2.24, 2.45) is 0 Å². The van der Waals surface area contributed by atoms with Crippen LogP contribution < -0.4 is 0 Å². The fourth-order valence-electron chi connectivity index (χ4n) is 3.14. The minimum atomic E-state index is 0.00518. The second-order valence-electron chi connectivity index (χ2n) is 5.99. The van der Waals surface area contributed by atoms with E-state index in [4.69, 9.17) is 0 Å². The monoisotopic (exact) mass is 290 g/mol. The van der Waals surface area contributed by atoms with Gasteiger partial charge in [0.15, 0.2) is 0 Å². The summed E-state index contributed by atoms with van der Waals surface area (Å²) in [5.41, 5.74) is 2.60. The van der Waals surface area contributed by atoms with Gasteiger partial charge in [0.2, 0.25) is 0 Å². The van der Waals surface area contributed by atoms with Crippen LogP contribution in [0, 0.1) is 0 Å². The molecule has 0 saturated carbocycles. The minimum Gasteiger partial charge on any atom is -0.507 e. The minimum absolute atomic E-state index is 0.00518. The van der Waals surface area contributed by atoms with Crippen molar-refractivity contribution in [3.05, 3.63) is 34.9 Å².